The predicted molar refractivity (Wildman–Crippen MR) is 143 cm³/mol. The fraction of sp³-hybridized carbons (Fsp3) is 0.367. The number of hydrogen-bond acceptors (Lipinski definition) is 6. The van der Waals surface area contributed by atoms with Gasteiger partial charge in [0.2, 0.25) is 11.8 Å². The SMILES string of the molecule is O=C1CCC(N2C(=O)c3cccc(CCc4ccc(CN5CCC(n6cccn6)CC5)cc4)c3C2=O)C(=O)N1. The number of carbonyl (C=O) groups excluding carboxylic acids is 4. The van der Waals surface area contributed by atoms with E-state index >= 15 is 0 Å². The Morgan fingerprint density at radius 1 is 0.846 bits per heavy atom. The van der Waals surface area contributed by atoms with E-state index in [9.17, 15) is 19.2 Å². The Morgan fingerprint density at radius 3 is 2.33 bits per heavy atom. The van der Waals surface area contributed by atoms with Gasteiger partial charge in [-0.1, -0.05) is 36.4 Å². The van der Waals surface area contributed by atoms with E-state index in [1.54, 1.807) is 12.1 Å². The summed E-state index contributed by atoms with van der Waals surface area (Å²) in [6, 6.07) is 15.4. The van der Waals surface area contributed by atoms with Gasteiger partial charge in [0.1, 0.15) is 6.04 Å². The summed E-state index contributed by atoms with van der Waals surface area (Å²) in [7, 11) is 0. The lowest BCUT2D eigenvalue weighted by Gasteiger charge is -2.32. The number of carbonyl (C=O) groups is 4. The van der Waals surface area contributed by atoms with Gasteiger partial charge in [0.05, 0.1) is 17.2 Å². The van der Waals surface area contributed by atoms with E-state index in [0.717, 1.165) is 54.9 Å². The monoisotopic (exact) mass is 525 g/mol. The van der Waals surface area contributed by atoms with E-state index in [1.807, 2.05) is 24.5 Å². The second-order valence-electron chi connectivity index (χ2n) is 10.6. The van der Waals surface area contributed by atoms with Gasteiger partial charge in [0.25, 0.3) is 11.8 Å². The Morgan fingerprint density at radius 2 is 1.62 bits per heavy atom. The number of amides is 4. The van der Waals surface area contributed by atoms with Gasteiger partial charge in [0.15, 0.2) is 0 Å². The first-order valence-corrected chi connectivity index (χ1v) is 13.6. The molecule has 0 radical (unpaired) electrons. The molecule has 2 saturated heterocycles. The van der Waals surface area contributed by atoms with Crippen molar-refractivity contribution in [2.45, 2.75) is 57.2 Å². The van der Waals surface area contributed by atoms with Crippen molar-refractivity contribution < 1.29 is 19.2 Å². The Balaban J connectivity index is 1.07. The van der Waals surface area contributed by atoms with Crippen molar-refractivity contribution in [3.63, 3.8) is 0 Å². The van der Waals surface area contributed by atoms with Crippen molar-refractivity contribution >= 4 is 23.6 Å². The zero-order valence-corrected chi connectivity index (χ0v) is 21.7. The summed E-state index contributed by atoms with van der Waals surface area (Å²) in [4.78, 5) is 53.8. The number of imide groups is 2. The smallest absolute Gasteiger partial charge is 0.262 e. The van der Waals surface area contributed by atoms with Gasteiger partial charge in [0, 0.05) is 38.4 Å². The number of rotatable bonds is 7. The van der Waals surface area contributed by atoms with E-state index in [0.29, 0.717) is 23.6 Å². The number of nitrogens with zero attached hydrogens (tertiary/aromatic N) is 4. The summed E-state index contributed by atoms with van der Waals surface area (Å²) in [5.74, 6) is -1.89. The van der Waals surface area contributed by atoms with Gasteiger partial charge in [-0.2, -0.15) is 5.10 Å². The number of piperidine rings is 2. The minimum Gasteiger partial charge on any atom is -0.299 e. The number of fused-ring (bicyclic) bond motifs is 1. The molecule has 4 heterocycles. The molecule has 2 aromatic carbocycles. The normalized spacial score (nSPS) is 20.4. The molecule has 9 heteroatoms. The number of aromatic nitrogens is 2. The first kappa shape index (κ1) is 25.2. The van der Waals surface area contributed by atoms with Gasteiger partial charge in [-0.05, 0) is 60.9 Å². The summed E-state index contributed by atoms with van der Waals surface area (Å²) in [6.45, 7) is 3.02. The standard InChI is InChI=1S/C30H31N5O4/c36-26-12-11-25(28(37)32-26)35-29(38)24-4-1-3-22(27(24)30(35)39)10-9-20-5-7-21(8-6-20)19-33-17-13-23(14-18-33)34-16-2-15-31-34/h1-8,15-16,23,25H,9-14,17-19H2,(H,32,36,37). The summed E-state index contributed by atoms with van der Waals surface area (Å²) in [6.07, 6.45) is 7.68. The number of likely N-dealkylation sites (tertiary alicyclic amines) is 1. The van der Waals surface area contributed by atoms with Crippen LogP contribution in [0.2, 0.25) is 0 Å². The van der Waals surface area contributed by atoms with Gasteiger partial charge < -0.3 is 0 Å². The molecule has 3 aliphatic heterocycles. The van der Waals surface area contributed by atoms with E-state index in [4.69, 9.17) is 0 Å². The minimum atomic E-state index is -0.952. The molecule has 1 unspecified atom stereocenters. The van der Waals surface area contributed by atoms with Gasteiger partial charge in [-0.25, -0.2) is 0 Å². The third kappa shape index (κ3) is 5.02. The molecule has 1 N–H and O–H groups in total. The fourth-order valence-corrected chi connectivity index (χ4v) is 5.98. The topological polar surface area (TPSA) is 105 Å². The summed E-state index contributed by atoms with van der Waals surface area (Å²) < 4.78 is 2.07. The molecule has 3 aromatic rings. The average molecular weight is 526 g/mol. The molecule has 3 aliphatic rings. The van der Waals surface area contributed by atoms with Crippen LogP contribution in [0.25, 0.3) is 0 Å². The minimum absolute atomic E-state index is 0.107. The number of nitrogens with one attached hydrogen (secondary N) is 1. The predicted octanol–water partition coefficient (Wildman–Crippen LogP) is 2.91. The highest BCUT2D eigenvalue weighted by Gasteiger charge is 2.45. The number of hydrogen-bond donors (Lipinski definition) is 1. The van der Waals surface area contributed by atoms with Crippen molar-refractivity contribution in [1.82, 2.24) is 24.9 Å². The Bertz CT molecular complexity index is 1410. The first-order valence-electron chi connectivity index (χ1n) is 13.6. The Kier molecular flexibility index (Phi) is 6.83. The van der Waals surface area contributed by atoms with Crippen molar-refractivity contribution in [3.8, 4) is 0 Å². The number of aryl methyl sites for hydroxylation is 2. The summed E-state index contributed by atoms with van der Waals surface area (Å²) in [5.41, 5.74) is 3.94. The van der Waals surface area contributed by atoms with Gasteiger partial charge in [-0.15, -0.1) is 0 Å². The van der Waals surface area contributed by atoms with Crippen molar-refractivity contribution in [2.75, 3.05) is 13.1 Å². The van der Waals surface area contributed by atoms with Crippen LogP contribution >= 0.6 is 0 Å². The lowest BCUT2D eigenvalue weighted by molar-refractivity contribution is -0.136. The molecule has 0 bridgehead atoms. The van der Waals surface area contributed by atoms with E-state index in [1.165, 1.54) is 5.56 Å². The Labute approximate surface area is 226 Å². The molecular weight excluding hydrogens is 494 g/mol. The van der Waals surface area contributed by atoms with Crippen LogP contribution in [-0.4, -0.2) is 62.3 Å². The molecule has 4 amide bonds. The zero-order valence-electron chi connectivity index (χ0n) is 21.7. The molecule has 0 spiro atoms. The molecule has 0 aliphatic carbocycles. The zero-order chi connectivity index (χ0) is 26.9. The average Bonchev–Trinajstić information content (AvgIpc) is 3.57. The second-order valence-corrected chi connectivity index (χ2v) is 10.6. The van der Waals surface area contributed by atoms with E-state index in [2.05, 4.69) is 44.3 Å². The highest BCUT2D eigenvalue weighted by molar-refractivity contribution is 6.24. The maximum atomic E-state index is 13.3. The molecule has 39 heavy (non-hydrogen) atoms. The van der Waals surface area contributed by atoms with Crippen LogP contribution < -0.4 is 5.32 Å². The van der Waals surface area contributed by atoms with Crippen LogP contribution in [0.15, 0.2) is 60.9 Å². The van der Waals surface area contributed by atoms with Crippen LogP contribution in [-0.2, 0) is 29.0 Å². The Hall–Kier alpha value is -4.11. The van der Waals surface area contributed by atoms with Gasteiger partial charge in [-0.3, -0.25) is 39.0 Å². The maximum absolute atomic E-state index is 13.3. The van der Waals surface area contributed by atoms with Crippen LogP contribution in [0, 0.1) is 0 Å². The first-order chi connectivity index (χ1) is 19.0. The van der Waals surface area contributed by atoms with Crippen LogP contribution in [0.1, 0.15) is 69.1 Å². The molecule has 2 fully saturated rings. The largest absolute Gasteiger partial charge is 0.299 e. The molecular formula is C30H31N5O4. The highest BCUT2D eigenvalue weighted by Crippen LogP contribution is 2.30. The van der Waals surface area contributed by atoms with E-state index < -0.39 is 23.8 Å². The van der Waals surface area contributed by atoms with Crippen molar-refractivity contribution in [2.24, 2.45) is 0 Å². The summed E-state index contributed by atoms with van der Waals surface area (Å²) >= 11 is 0. The fourth-order valence-electron chi connectivity index (χ4n) is 5.98. The van der Waals surface area contributed by atoms with Gasteiger partial charge >= 0.3 is 0 Å². The maximum Gasteiger partial charge on any atom is 0.262 e. The molecule has 9 nitrogen and oxygen atoms in total. The highest BCUT2D eigenvalue weighted by atomic mass is 16.2. The van der Waals surface area contributed by atoms with Crippen molar-refractivity contribution in [3.05, 3.63) is 88.7 Å². The number of benzene rings is 2. The third-order valence-electron chi connectivity index (χ3n) is 8.12. The molecule has 1 atom stereocenters. The van der Waals surface area contributed by atoms with E-state index in [-0.39, 0.29) is 18.7 Å². The molecule has 6 rings (SSSR count). The van der Waals surface area contributed by atoms with Crippen molar-refractivity contribution in [1.29, 1.82) is 0 Å². The molecule has 200 valence electrons. The molecule has 1 aromatic heterocycles. The second kappa shape index (κ2) is 10.6. The molecule has 0 saturated carbocycles. The lowest BCUT2D eigenvalue weighted by atomic mass is 9.96. The lowest BCUT2D eigenvalue weighted by Crippen LogP contribution is -2.54. The third-order valence-corrected chi connectivity index (χ3v) is 8.12. The van der Waals surface area contributed by atoms with Crippen LogP contribution in [0.4, 0.5) is 0 Å². The van der Waals surface area contributed by atoms with Crippen LogP contribution in [0.5, 0.6) is 0 Å². The quantitative estimate of drug-likeness (QED) is 0.476. The van der Waals surface area contributed by atoms with Crippen LogP contribution in [0.3, 0.4) is 0 Å². The summed E-state index contributed by atoms with van der Waals surface area (Å²) in [5, 5.41) is 6.63.